The number of ether oxygens (including phenoxy) is 1. The van der Waals surface area contributed by atoms with Gasteiger partial charge < -0.3 is 15.0 Å². The number of rotatable bonds is 3. The number of nitrogens with one attached hydrogen (secondary N) is 2. The number of benzene rings is 1. The van der Waals surface area contributed by atoms with Gasteiger partial charge in [0.25, 0.3) is 0 Å². The van der Waals surface area contributed by atoms with Gasteiger partial charge in [0, 0.05) is 21.6 Å². The molecule has 0 saturated heterocycles. The van der Waals surface area contributed by atoms with Crippen LogP contribution in [0.25, 0.3) is 10.9 Å². The molecule has 0 bridgehead atoms. The molecule has 1 fully saturated rings. The predicted molar refractivity (Wildman–Crippen MR) is 90.7 cm³/mol. The van der Waals surface area contributed by atoms with Gasteiger partial charge in [-0.15, -0.1) is 0 Å². The largest absolute Gasteiger partial charge is 0.466 e. The summed E-state index contributed by atoms with van der Waals surface area (Å²) >= 11 is 6.17. The fourth-order valence-corrected chi connectivity index (χ4v) is 4.29. The topological polar surface area (TPSA) is 54.1 Å². The highest BCUT2D eigenvalue weighted by Gasteiger charge is 2.53. The number of aromatic amines is 1. The molecule has 1 aromatic carbocycles. The summed E-state index contributed by atoms with van der Waals surface area (Å²) in [6, 6.07) is 5.95. The van der Waals surface area contributed by atoms with E-state index in [4.69, 9.17) is 16.3 Å². The molecule has 1 unspecified atom stereocenters. The number of carbonyl (C=O) groups excluding carboxylic acids is 1. The molecule has 1 aromatic heterocycles. The molecule has 2 N–H and O–H groups in total. The molecule has 1 aliphatic heterocycles. The third kappa shape index (κ3) is 2.19. The van der Waals surface area contributed by atoms with E-state index in [1.165, 1.54) is 10.9 Å². The van der Waals surface area contributed by atoms with Crippen molar-refractivity contribution in [2.45, 2.75) is 38.6 Å². The minimum absolute atomic E-state index is 0.00484. The van der Waals surface area contributed by atoms with E-state index in [0.29, 0.717) is 6.61 Å². The van der Waals surface area contributed by atoms with Crippen LogP contribution in [-0.4, -0.2) is 24.1 Å². The van der Waals surface area contributed by atoms with Gasteiger partial charge in [-0.3, -0.25) is 4.79 Å². The standard InChI is InChI=1S/C18H21ClN2O2/c1-2-23-17(22)18(7-3-8-18)16-15-12(6-9-20-16)13-10-11(19)4-5-14(13)21-15/h4-5,10,16,20-21H,2-3,6-9H2,1H3. The number of hydrogen-bond donors (Lipinski definition) is 2. The molecule has 0 radical (unpaired) electrons. The Labute approximate surface area is 140 Å². The zero-order chi connectivity index (χ0) is 16.0. The summed E-state index contributed by atoms with van der Waals surface area (Å²) in [7, 11) is 0. The first-order chi connectivity index (χ1) is 11.2. The molecule has 4 nitrogen and oxygen atoms in total. The van der Waals surface area contributed by atoms with Gasteiger partial charge >= 0.3 is 5.97 Å². The number of hydrogen-bond acceptors (Lipinski definition) is 3. The fourth-order valence-electron chi connectivity index (χ4n) is 4.11. The van der Waals surface area contributed by atoms with Crippen molar-refractivity contribution in [3.8, 4) is 0 Å². The van der Waals surface area contributed by atoms with Crippen LogP contribution in [0.5, 0.6) is 0 Å². The first kappa shape index (κ1) is 15.0. The van der Waals surface area contributed by atoms with Crippen LogP contribution in [0.4, 0.5) is 0 Å². The molecule has 2 aliphatic rings. The van der Waals surface area contributed by atoms with Gasteiger partial charge in [-0.2, -0.15) is 0 Å². The van der Waals surface area contributed by atoms with Gasteiger partial charge in [0.05, 0.1) is 18.1 Å². The maximum atomic E-state index is 12.6. The Hall–Kier alpha value is -1.52. The summed E-state index contributed by atoms with van der Waals surface area (Å²) in [5.74, 6) is -0.0618. The number of H-pyrrole nitrogens is 1. The molecule has 0 amide bonds. The Morgan fingerprint density at radius 2 is 2.26 bits per heavy atom. The molecule has 1 saturated carbocycles. The summed E-state index contributed by atoms with van der Waals surface area (Å²) in [6.07, 6.45) is 3.81. The zero-order valence-electron chi connectivity index (χ0n) is 13.2. The van der Waals surface area contributed by atoms with Gasteiger partial charge in [-0.05, 0) is 56.5 Å². The molecular weight excluding hydrogens is 312 g/mol. The maximum absolute atomic E-state index is 12.6. The van der Waals surface area contributed by atoms with Crippen molar-refractivity contribution in [3.63, 3.8) is 0 Å². The summed E-state index contributed by atoms with van der Waals surface area (Å²) in [4.78, 5) is 16.2. The Balaban J connectivity index is 1.81. The molecule has 5 heteroatoms. The van der Waals surface area contributed by atoms with Crippen LogP contribution in [0.15, 0.2) is 18.2 Å². The van der Waals surface area contributed by atoms with E-state index in [0.717, 1.165) is 48.5 Å². The van der Waals surface area contributed by atoms with Crippen molar-refractivity contribution in [1.29, 1.82) is 0 Å². The Morgan fingerprint density at radius 1 is 1.43 bits per heavy atom. The molecule has 4 rings (SSSR count). The summed E-state index contributed by atoms with van der Waals surface area (Å²) < 4.78 is 5.40. The van der Waals surface area contributed by atoms with Crippen molar-refractivity contribution in [2.24, 2.45) is 5.41 Å². The van der Waals surface area contributed by atoms with E-state index >= 15 is 0 Å². The Bertz CT molecular complexity index is 764. The van der Waals surface area contributed by atoms with Crippen LogP contribution in [0.3, 0.4) is 0 Å². The van der Waals surface area contributed by atoms with E-state index in [2.05, 4.69) is 10.3 Å². The lowest BCUT2D eigenvalue weighted by molar-refractivity contribution is -0.164. The van der Waals surface area contributed by atoms with Crippen molar-refractivity contribution < 1.29 is 9.53 Å². The molecular formula is C18H21ClN2O2. The number of aromatic nitrogens is 1. The SMILES string of the molecule is CCOC(=O)C1(C2NCCc3c2[nH]c2ccc(Cl)cc32)CCC1. The number of carbonyl (C=O) groups is 1. The number of halogens is 1. The Morgan fingerprint density at radius 3 is 2.96 bits per heavy atom. The van der Waals surface area contributed by atoms with Crippen molar-refractivity contribution in [2.75, 3.05) is 13.2 Å². The van der Waals surface area contributed by atoms with Gasteiger partial charge in [0.15, 0.2) is 0 Å². The maximum Gasteiger partial charge on any atom is 0.314 e. The first-order valence-electron chi connectivity index (χ1n) is 8.36. The summed E-state index contributed by atoms with van der Waals surface area (Å²) in [5.41, 5.74) is 3.10. The van der Waals surface area contributed by atoms with Crippen LogP contribution < -0.4 is 5.32 Å². The van der Waals surface area contributed by atoms with Gasteiger partial charge in [0.1, 0.15) is 0 Å². The van der Waals surface area contributed by atoms with Gasteiger partial charge in [-0.1, -0.05) is 18.0 Å². The first-order valence-corrected chi connectivity index (χ1v) is 8.74. The van der Waals surface area contributed by atoms with Crippen LogP contribution in [-0.2, 0) is 16.0 Å². The van der Waals surface area contributed by atoms with Crippen molar-refractivity contribution in [1.82, 2.24) is 10.3 Å². The lowest BCUT2D eigenvalue weighted by Gasteiger charge is -2.46. The van der Waals surface area contributed by atoms with Crippen LogP contribution >= 0.6 is 11.6 Å². The average Bonchev–Trinajstić information content (AvgIpc) is 2.85. The fraction of sp³-hybridized carbons (Fsp3) is 0.500. The van der Waals surface area contributed by atoms with Gasteiger partial charge in [-0.25, -0.2) is 0 Å². The second-order valence-corrected chi connectivity index (χ2v) is 7.01. The molecule has 2 heterocycles. The van der Waals surface area contributed by atoms with Crippen molar-refractivity contribution in [3.05, 3.63) is 34.5 Å². The minimum atomic E-state index is -0.421. The van der Waals surface area contributed by atoms with Crippen LogP contribution in [0.1, 0.15) is 43.5 Å². The monoisotopic (exact) mass is 332 g/mol. The van der Waals surface area contributed by atoms with E-state index in [1.807, 2.05) is 25.1 Å². The number of esters is 1. The Kier molecular flexibility index (Phi) is 3.62. The highest BCUT2D eigenvalue weighted by molar-refractivity contribution is 6.31. The second-order valence-electron chi connectivity index (χ2n) is 6.57. The predicted octanol–water partition coefficient (Wildman–Crippen LogP) is 3.74. The highest BCUT2D eigenvalue weighted by Crippen LogP contribution is 2.53. The van der Waals surface area contributed by atoms with E-state index < -0.39 is 5.41 Å². The third-order valence-electron chi connectivity index (χ3n) is 5.39. The average molecular weight is 333 g/mol. The summed E-state index contributed by atoms with van der Waals surface area (Å²) in [5, 5.41) is 5.49. The molecule has 1 aliphatic carbocycles. The van der Waals surface area contributed by atoms with Crippen molar-refractivity contribution >= 4 is 28.5 Å². The molecule has 0 spiro atoms. The normalized spacial score (nSPS) is 22.4. The lowest BCUT2D eigenvalue weighted by Crippen LogP contribution is -2.51. The smallest absolute Gasteiger partial charge is 0.314 e. The zero-order valence-corrected chi connectivity index (χ0v) is 14.0. The van der Waals surface area contributed by atoms with E-state index in [-0.39, 0.29) is 12.0 Å². The summed E-state index contributed by atoms with van der Waals surface area (Å²) in [6.45, 7) is 3.18. The molecule has 23 heavy (non-hydrogen) atoms. The lowest BCUT2D eigenvalue weighted by atomic mass is 9.62. The third-order valence-corrected chi connectivity index (χ3v) is 5.63. The van der Waals surface area contributed by atoms with Crippen LogP contribution in [0, 0.1) is 5.41 Å². The number of fused-ring (bicyclic) bond motifs is 3. The second kappa shape index (κ2) is 5.53. The highest BCUT2D eigenvalue weighted by atomic mass is 35.5. The van der Waals surface area contributed by atoms with E-state index in [9.17, 15) is 4.79 Å². The molecule has 2 aromatic rings. The quantitative estimate of drug-likeness (QED) is 0.842. The van der Waals surface area contributed by atoms with E-state index in [1.54, 1.807) is 0 Å². The van der Waals surface area contributed by atoms with Crippen LogP contribution in [0.2, 0.25) is 5.02 Å². The van der Waals surface area contributed by atoms with Gasteiger partial charge in [0.2, 0.25) is 0 Å². The molecule has 122 valence electrons. The minimum Gasteiger partial charge on any atom is -0.466 e. The molecule has 1 atom stereocenters.